The fourth-order valence-corrected chi connectivity index (χ4v) is 2.55. The lowest BCUT2D eigenvalue weighted by Gasteiger charge is -2.35. The minimum atomic E-state index is -0.515. The van der Waals surface area contributed by atoms with E-state index in [1.165, 1.54) is 6.42 Å². The minimum absolute atomic E-state index is 0.000756. The number of nitrogens with zero attached hydrogens (tertiary/aromatic N) is 1. The third kappa shape index (κ3) is 4.55. The molecule has 0 heterocycles. The molecule has 1 amide bonds. The van der Waals surface area contributed by atoms with Gasteiger partial charge in [0.2, 0.25) is 5.91 Å². The molecule has 0 bridgehead atoms. The van der Waals surface area contributed by atoms with Crippen molar-refractivity contribution in [1.29, 1.82) is 0 Å². The Balaban J connectivity index is 2.55. The second-order valence-corrected chi connectivity index (χ2v) is 4.94. The fourth-order valence-electron chi connectivity index (χ4n) is 2.55. The van der Waals surface area contributed by atoms with E-state index in [2.05, 4.69) is 0 Å². The summed E-state index contributed by atoms with van der Waals surface area (Å²) in [5.41, 5.74) is 5.89. The van der Waals surface area contributed by atoms with Crippen LogP contribution in [0.4, 0.5) is 0 Å². The molecule has 1 unspecified atom stereocenters. The quantitative estimate of drug-likeness (QED) is 0.697. The maximum absolute atomic E-state index is 12.3. The van der Waals surface area contributed by atoms with Crippen LogP contribution in [0.15, 0.2) is 0 Å². The predicted molar refractivity (Wildman–Crippen MR) is 70.1 cm³/mol. The van der Waals surface area contributed by atoms with Crippen LogP contribution in [0.5, 0.6) is 0 Å². The van der Waals surface area contributed by atoms with Crippen LogP contribution >= 0.6 is 0 Å². The van der Waals surface area contributed by atoms with Gasteiger partial charge in [0.05, 0.1) is 12.6 Å². The number of hydrogen-bond donors (Lipinski definition) is 2. The Morgan fingerprint density at radius 2 is 2.11 bits per heavy atom. The van der Waals surface area contributed by atoms with E-state index >= 15 is 0 Å². The molecule has 1 rings (SSSR count). The van der Waals surface area contributed by atoms with Crippen molar-refractivity contribution >= 4 is 5.91 Å². The first-order chi connectivity index (χ1) is 8.70. The number of nitrogens with two attached hydrogens (primary N) is 1. The van der Waals surface area contributed by atoms with Crippen LogP contribution in [0.3, 0.4) is 0 Å². The van der Waals surface area contributed by atoms with Gasteiger partial charge in [0.15, 0.2) is 0 Å². The van der Waals surface area contributed by atoms with Gasteiger partial charge in [0.25, 0.3) is 0 Å². The van der Waals surface area contributed by atoms with Gasteiger partial charge in [-0.25, -0.2) is 0 Å². The van der Waals surface area contributed by atoms with Gasteiger partial charge in [0, 0.05) is 26.3 Å². The third-order valence-electron chi connectivity index (χ3n) is 3.59. The SMILES string of the molecule is COCCC(N)C(=O)N(CCO)C1CCCCC1. The summed E-state index contributed by atoms with van der Waals surface area (Å²) in [6.07, 6.45) is 6.16. The van der Waals surface area contributed by atoms with Crippen LogP contribution in [0.1, 0.15) is 38.5 Å². The molecule has 0 spiro atoms. The monoisotopic (exact) mass is 258 g/mol. The molecule has 1 saturated carbocycles. The second-order valence-electron chi connectivity index (χ2n) is 4.94. The van der Waals surface area contributed by atoms with Crippen molar-refractivity contribution in [2.45, 2.75) is 50.6 Å². The number of ether oxygens (including phenoxy) is 1. The maximum atomic E-state index is 12.3. The van der Waals surface area contributed by atoms with Crippen molar-refractivity contribution in [2.75, 3.05) is 26.9 Å². The molecule has 5 nitrogen and oxygen atoms in total. The lowest BCUT2D eigenvalue weighted by molar-refractivity contribution is -0.136. The first-order valence-corrected chi connectivity index (χ1v) is 6.86. The van der Waals surface area contributed by atoms with Crippen molar-refractivity contribution in [3.63, 3.8) is 0 Å². The van der Waals surface area contributed by atoms with E-state index in [0.29, 0.717) is 19.6 Å². The Morgan fingerprint density at radius 1 is 1.44 bits per heavy atom. The summed E-state index contributed by atoms with van der Waals surface area (Å²) in [6, 6.07) is -0.259. The van der Waals surface area contributed by atoms with Gasteiger partial charge < -0.3 is 20.5 Å². The molecule has 0 aliphatic heterocycles. The van der Waals surface area contributed by atoms with Gasteiger partial charge in [-0.2, -0.15) is 0 Å². The normalized spacial score (nSPS) is 18.6. The van der Waals surface area contributed by atoms with E-state index in [9.17, 15) is 4.79 Å². The number of carbonyl (C=O) groups is 1. The number of amides is 1. The van der Waals surface area contributed by atoms with Gasteiger partial charge in [-0.05, 0) is 19.3 Å². The third-order valence-corrected chi connectivity index (χ3v) is 3.59. The molecule has 106 valence electrons. The lowest BCUT2D eigenvalue weighted by Crippen LogP contribution is -2.50. The average Bonchev–Trinajstić information content (AvgIpc) is 2.42. The summed E-state index contributed by atoms with van der Waals surface area (Å²) in [5, 5.41) is 9.11. The molecule has 18 heavy (non-hydrogen) atoms. The van der Waals surface area contributed by atoms with Gasteiger partial charge in [-0.1, -0.05) is 19.3 Å². The first-order valence-electron chi connectivity index (χ1n) is 6.86. The van der Waals surface area contributed by atoms with Gasteiger partial charge >= 0.3 is 0 Å². The zero-order chi connectivity index (χ0) is 13.4. The average molecular weight is 258 g/mol. The van der Waals surface area contributed by atoms with Crippen LogP contribution < -0.4 is 5.73 Å². The zero-order valence-electron chi connectivity index (χ0n) is 11.3. The highest BCUT2D eigenvalue weighted by Crippen LogP contribution is 2.23. The van der Waals surface area contributed by atoms with E-state index in [1.54, 1.807) is 12.0 Å². The van der Waals surface area contributed by atoms with E-state index in [-0.39, 0.29) is 18.6 Å². The number of methoxy groups -OCH3 is 1. The fraction of sp³-hybridized carbons (Fsp3) is 0.923. The highest BCUT2D eigenvalue weighted by Gasteiger charge is 2.28. The number of hydrogen-bond acceptors (Lipinski definition) is 4. The molecule has 0 radical (unpaired) electrons. The Morgan fingerprint density at radius 3 is 2.67 bits per heavy atom. The summed E-state index contributed by atoms with van der Waals surface area (Å²) in [5.74, 6) is -0.0481. The molecule has 3 N–H and O–H groups in total. The number of carbonyl (C=O) groups excluding carboxylic acids is 1. The topological polar surface area (TPSA) is 75.8 Å². The maximum Gasteiger partial charge on any atom is 0.239 e. The lowest BCUT2D eigenvalue weighted by atomic mass is 9.93. The Bertz CT molecular complexity index is 242. The van der Waals surface area contributed by atoms with Gasteiger partial charge in [-0.15, -0.1) is 0 Å². The molecule has 1 atom stereocenters. The van der Waals surface area contributed by atoms with Crippen LogP contribution in [-0.4, -0.2) is 54.9 Å². The smallest absolute Gasteiger partial charge is 0.239 e. The van der Waals surface area contributed by atoms with Gasteiger partial charge in [-0.3, -0.25) is 4.79 Å². The molecule has 1 aliphatic rings. The van der Waals surface area contributed by atoms with Crippen molar-refractivity contribution < 1.29 is 14.6 Å². The second kappa shape index (κ2) is 8.45. The molecule has 0 saturated heterocycles. The largest absolute Gasteiger partial charge is 0.395 e. The Hall–Kier alpha value is -0.650. The zero-order valence-corrected chi connectivity index (χ0v) is 11.3. The van der Waals surface area contributed by atoms with Crippen LogP contribution in [-0.2, 0) is 9.53 Å². The standard InChI is InChI=1S/C13H26N2O3/c1-18-10-7-12(14)13(17)15(8-9-16)11-5-3-2-4-6-11/h11-12,16H,2-10,14H2,1H3. The van der Waals surface area contributed by atoms with E-state index in [4.69, 9.17) is 15.6 Å². The van der Waals surface area contributed by atoms with Crippen LogP contribution in [0.2, 0.25) is 0 Å². The van der Waals surface area contributed by atoms with E-state index in [0.717, 1.165) is 25.7 Å². The van der Waals surface area contributed by atoms with E-state index in [1.807, 2.05) is 0 Å². The number of rotatable bonds is 7. The summed E-state index contributed by atoms with van der Waals surface area (Å²) in [4.78, 5) is 14.0. The molecule has 1 fully saturated rings. The predicted octanol–water partition coefficient (Wildman–Crippen LogP) is 0.504. The summed E-state index contributed by atoms with van der Waals surface area (Å²) in [6.45, 7) is 0.883. The van der Waals surface area contributed by atoms with E-state index < -0.39 is 6.04 Å². The minimum Gasteiger partial charge on any atom is -0.395 e. The summed E-state index contributed by atoms with van der Waals surface area (Å²) in [7, 11) is 1.60. The highest BCUT2D eigenvalue weighted by molar-refractivity contribution is 5.82. The molecular weight excluding hydrogens is 232 g/mol. The summed E-state index contributed by atoms with van der Waals surface area (Å²) < 4.78 is 4.95. The molecule has 1 aliphatic carbocycles. The summed E-state index contributed by atoms with van der Waals surface area (Å²) >= 11 is 0. The molecule has 5 heteroatoms. The Labute approximate surface area is 109 Å². The van der Waals surface area contributed by atoms with Crippen molar-refractivity contribution in [1.82, 2.24) is 4.90 Å². The molecule has 0 aromatic carbocycles. The van der Waals surface area contributed by atoms with Crippen molar-refractivity contribution in [3.05, 3.63) is 0 Å². The molecule has 0 aromatic rings. The molecular formula is C13H26N2O3. The van der Waals surface area contributed by atoms with Crippen molar-refractivity contribution in [2.24, 2.45) is 5.73 Å². The Kier molecular flexibility index (Phi) is 7.23. The first kappa shape index (κ1) is 15.4. The van der Waals surface area contributed by atoms with Gasteiger partial charge in [0.1, 0.15) is 0 Å². The van der Waals surface area contributed by atoms with Crippen LogP contribution in [0.25, 0.3) is 0 Å². The van der Waals surface area contributed by atoms with Crippen LogP contribution in [0, 0.1) is 0 Å². The molecule has 0 aromatic heterocycles. The number of aliphatic hydroxyl groups excluding tert-OH is 1. The van der Waals surface area contributed by atoms with Crippen molar-refractivity contribution in [3.8, 4) is 0 Å². The number of aliphatic hydroxyl groups is 1. The highest BCUT2D eigenvalue weighted by atomic mass is 16.5.